The summed E-state index contributed by atoms with van der Waals surface area (Å²) in [6.07, 6.45) is 3.10. The van der Waals surface area contributed by atoms with Crippen LogP contribution in [0.1, 0.15) is 74.7 Å². The van der Waals surface area contributed by atoms with Gasteiger partial charge in [-0.05, 0) is 47.3 Å². The minimum atomic E-state index is -3.50. The van der Waals surface area contributed by atoms with Gasteiger partial charge in [-0.1, -0.05) is 78.0 Å². The number of alkyl halides is 1. The van der Waals surface area contributed by atoms with Crippen molar-refractivity contribution in [1.29, 1.82) is 0 Å². The molecule has 4 fully saturated rings. The van der Waals surface area contributed by atoms with Gasteiger partial charge < -0.3 is 26.2 Å². The van der Waals surface area contributed by atoms with Crippen molar-refractivity contribution in [1.82, 2.24) is 30.5 Å². The van der Waals surface area contributed by atoms with Crippen molar-refractivity contribution in [2.45, 2.75) is 108 Å². The maximum absolute atomic E-state index is 14.3. The van der Waals surface area contributed by atoms with Crippen molar-refractivity contribution >= 4 is 62.2 Å². The molecule has 1 aliphatic heterocycles. The number of Topliss-reactive ketones (excluding diaryl/α,β-unsaturated/α-hetero) is 1. The number of fused-ring (bicyclic) bond motifs is 1. The number of urea groups is 1. The van der Waals surface area contributed by atoms with E-state index in [1.165, 1.54) is 16.3 Å². The third-order valence-electron chi connectivity index (χ3n) is 10.3. The number of likely N-dealkylation sites (tertiary alicyclic amines) is 1. The van der Waals surface area contributed by atoms with Crippen molar-refractivity contribution in [2.24, 2.45) is 28.1 Å². The van der Waals surface area contributed by atoms with Crippen LogP contribution in [-0.4, -0.2) is 107 Å². The number of likely N-dealkylation sites (N-methyl/N-ethyl adjacent to an activating group) is 1. The Morgan fingerprint density at radius 1 is 1.00 bits per heavy atom. The SMILES string of the molecule is CN(C[C@@H](NC(=O)N[C@H](C(=O)N1C[C@H]2[C@@H]([C@H]1C(=O)N[C@]1(C(=O)C(=O)NC3CC3)C[C@@H]1I)C2(C)C)C(C)(C)C)C(C)(C)C)S(C)(=O)=O. The minimum Gasteiger partial charge on any atom is -0.347 e. The molecule has 7 atom stereocenters. The maximum Gasteiger partial charge on any atom is 0.315 e. The van der Waals surface area contributed by atoms with Crippen LogP contribution in [0.2, 0.25) is 0 Å². The Balaban J connectivity index is 1.53. The molecular formula is C31H51IN6O7S. The van der Waals surface area contributed by atoms with E-state index in [2.05, 4.69) is 57.7 Å². The number of sulfonamides is 1. The second kappa shape index (κ2) is 12.1. The second-order valence-corrected chi connectivity index (χ2v) is 20.1. The summed E-state index contributed by atoms with van der Waals surface area (Å²) in [5.74, 6) is -2.30. The summed E-state index contributed by atoms with van der Waals surface area (Å²) in [6, 6.07) is -3.09. The highest BCUT2D eigenvalue weighted by atomic mass is 127. The number of piperidine rings is 1. The molecule has 13 nitrogen and oxygen atoms in total. The minimum absolute atomic E-state index is 0.00452. The van der Waals surface area contributed by atoms with E-state index in [1.54, 1.807) is 0 Å². The highest BCUT2D eigenvalue weighted by Gasteiger charge is 2.71. The lowest BCUT2D eigenvalue weighted by Crippen LogP contribution is -2.63. The topological polar surface area (TPSA) is 174 Å². The molecule has 4 rings (SSSR count). The molecule has 260 valence electrons. The number of nitrogens with zero attached hydrogens (tertiary/aromatic N) is 2. The lowest BCUT2D eigenvalue weighted by Gasteiger charge is -2.39. The molecule has 0 aromatic heterocycles. The van der Waals surface area contributed by atoms with Crippen LogP contribution in [0.5, 0.6) is 0 Å². The van der Waals surface area contributed by atoms with Crippen LogP contribution in [-0.2, 0) is 29.2 Å². The zero-order valence-corrected chi connectivity index (χ0v) is 31.6. The molecule has 15 heteroatoms. The van der Waals surface area contributed by atoms with Gasteiger partial charge in [-0.2, -0.15) is 0 Å². The summed E-state index contributed by atoms with van der Waals surface area (Å²) < 4.78 is 25.1. The quantitative estimate of drug-likeness (QED) is 0.139. The zero-order valence-electron chi connectivity index (χ0n) is 28.6. The molecule has 4 aliphatic rings. The molecule has 0 radical (unpaired) electrons. The first-order chi connectivity index (χ1) is 20.8. The number of rotatable bonds is 11. The first-order valence-corrected chi connectivity index (χ1v) is 19.0. The average Bonchev–Trinajstić information content (AvgIpc) is 3.84. The van der Waals surface area contributed by atoms with Crippen molar-refractivity contribution in [3.05, 3.63) is 0 Å². The number of hydrogen-bond acceptors (Lipinski definition) is 7. The Bertz CT molecular complexity index is 1400. The fourth-order valence-corrected chi connectivity index (χ4v) is 8.06. The summed E-state index contributed by atoms with van der Waals surface area (Å²) in [5, 5.41) is 11.3. The van der Waals surface area contributed by atoms with Crippen LogP contribution in [0.25, 0.3) is 0 Å². The fraction of sp³-hybridized carbons (Fsp3) is 0.839. The molecule has 3 aliphatic carbocycles. The summed E-state index contributed by atoms with van der Waals surface area (Å²) in [4.78, 5) is 69.2. The third-order valence-corrected chi connectivity index (χ3v) is 13.0. The van der Waals surface area contributed by atoms with E-state index in [-0.39, 0.29) is 33.8 Å². The van der Waals surface area contributed by atoms with Crippen LogP contribution < -0.4 is 21.3 Å². The zero-order chi connectivity index (χ0) is 34.9. The molecule has 0 aromatic carbocycles. The van der Waals surface area contributed by atoms with Gasteiger partial charge in [-0.15, -0.1) is 0 Å². The van der Waals surface area contributed by atoms with E-state index in [4.69, 9.17) is 0 Å². The van der Waals surface area contributed by atoms with Gasteiger partial charge in [0.05, 0.1) is 6.26 Å². The normalized spacial score (nSPS) is 29.7. The molecule has 4 N–H and O–H groups in total. The Labute approximate surface area is 286 Å². The summed E-state index contributed by atoms with van der Waals surface area (Å²) in [6.45, 7) is 15.6. The molecular weight excluding hydrogens is 727 g/mol. The van der Waals surface area contributed by atoms with Crippen molar-refractivity contribution in [2.75, 3.05) is 26.4 Å². The number of ketones is 1. The molecule has 3 saturated carbocycles. The molecule has 0 spiro atoms. The molecule has 0 unspecified atom stereocenters. The number of hydrogen-bond donors (Lipinski definition) is 4. The van der Waals surface area contributed by atoms with Gasteiger partial charge in [0.15, 0.2) is 0 Å². The Hall–Kier alpha value is -2.01. The first kappa shape index (κ1) is 36.8. The van der Waals surface area contributed by atoms with Crippen LogP contribution in [0.3, 0.4) is 0 Å². The number of amides is 5. The summed E-state index contributed by atoms with van der Waals surface area (Å²) in [5.41, 5.74) is -2.75. The monoisotopic (exact) mass is 778 g/mol. The van der Waals surface area contributed by atoms with Gasteiger partial charge in [-0.25, -0.2) is 17.5 Å². The lowest BCUT2D eigenvalue weighted by molar-refractivity contribution is -0.145. The van der Waals surface area contributed by atoms with E-state index in [1.807, 2.05) is 41.5 Å². The third kappa shape index (κ3) is 7.50. The molecule has 0 aromatic rings. The van der Waals surface area contributed by atoms with Crippen molar-refractivity contribution in [3.63, 3.8) is 0 Å². The van der Waals surface area contributed by atoms with E-state index >= 15 is 0 Å². The number of carbonyl (C=O) groups is 5. The molecule has 1 saturated heterocycles. The predicted molar refractivity (Wildman–Crippen MR) is 181 cm³/mol. The smallest absolute Gasteiger partial charge is 0.315 e. The maximum atomic E-state index is 14.3. The fourth-order valence-electron chi connectivity index (χ4n) is 6.51. The standard InChI is InChI=1S/C31H51IN6O7S/c1-28(2,3)19(15-37(9)46(10,44)45)34-27(43)35-22(29(4,5)6)26(42)38-14-17-20(30(17,7)8)21(38)24(40)36-31(13-18(31)32)23(39)25(41)33-16-11-12-16/h16-22H,11-15H2,1-10H3,(H,33,41)(H,36,40)(H2,34,35,43)/t17-,18-,19+,20-,21-,22+,31+/m0/s1. The first-order valence-electron chi connectivity index (χ1n) is 15.9. The average molecular weight is 779 g/mol. The van der Waals surface area contributed by atoms with Gasteiger partial charge in [0.2, 0.25) is 27.6 Å². The summed E-state index contributed by atoms with van der Waals surface area (Å²) >= 11 is 2.08. The van der Waals surface area contributed by atoms with Gasteiger partial charge >= 0.3 is 6.03 Å². The van der Waals surface area contributed by atoms with Crippen molar-refractivity contribution < 1.29 is 32.4 Å². The Morgan fingerprint density at radius 2 is 1.57 bits per heavy atom. The Kier molecular flexibility index (Phi) is 9.72. The molecule has 1 heterocycles. The van der Waals surface area contributed by atoms with Gasteiger partial charge in [0.1, 0.15) is 17.6 Å². The predicted octanol–water partition coefficient (Wildman–Crippen LogP) is 1.40. The van der Waals surface area contributed by atoms with Crippen LogP contribution in [0.4, 0.5) is 4.79 Å². The summed E-state index contributed by atoms with van der Waals surface area (Å²) in [7, 11) is -2.05. The van der Waals surface area contributed by atoms with Gasteiger partial charge in [0.25, 0.3) is 5.91 Å². The Morgan fingerprint density at radius 3 is 2.02 bits per heavy atom. The number of carbonyl (C=O) groups excluding carboxylic acids is 5. The van der Waals surface area contributed by atoms with Crippen LogP contribution >= 0.6 is 22.6 Å². The van der Waals surface area contributed by atoms with E-state index in [9.17, 15) is 32.4 Å². The second-order valence-electron chi connectivity index (χ2n) is 16.5. The van der Waals surface area contributed by atoms with E-state index in [0.29, 0.717) is 13.0 Å². The van der Waals surface area contributed by atoms with E-state index < -0.39 is 74.1 Å². The van der Waals surface area contributed by atoms with Gasteiger partial charge in [0, 0.05) is 36.1 Å². The van der Waals surface area contributed by atoms with Gasteiger partial charge in [-0.3, -0.25) is 19.2 Å². The lowest BCUT2D eigenvalue weighted by atomic mass is 9.85. The van der Waals surface area contributed by atoms with Crippen LogP contribution in [0.15, 0.2) is 0 Å². The highest BCUT2D eigenvalue weighted by Crippen LogP contribution is 2.65. The largest absolute Gasteiger partial charge is 0.347 e. The highest BCUT2D eigenvalue weighted by molar-refractivity contribution is 14.1. The number of halogens is 1. The number of nitrogens with one attached hydrogen (secondary N) is 4. The van der Waals surface area contributed by atoms with Crippen LogP contribution in [0, 0.1) is 28.1 Å². The molecule has 5 amide bonds. The van der Waals surface area contributed by atoms with E-state index in [0.717, 1.165) is 19.1 Å². The van der Waals surface area contributed by atoms with Crippen molar-refractivity contribution in [3.8, 4) is 0 Å². The molecule has 46 heavy (non-hydrogen) atoms. The molecule has 0 bridgehead atoms.